The molecule has 4 aromatic rings. The van der Waals surface area contributed by atoms with Crippen molar-refractivity contribution < 1.29 is 28.4 Å². The molecule has 0 aromatic heterocycles. The smallest absolute Gasteiger partial charge is 0.203 e. The summed E-state index contributed by atoms with van der Waals surface area (Å²) in [5.74, 6) is 4.69. The van der Waals surface area contributed by atoms with Gasteiger partial charge in [-0.2, -0.15) is 0 Å². The third-order valence-corrected chi connectivity index (χ3v) is 13.8. The van der Waals surface area contributed by atoms with E-state index in [1.165, 1.54) is 173 Å². The Bertz CT molecular complexity index is 1750. The summed E-state index contributed by atoms with van der Waals surface area (Å²) in [7, 11) is 0. The van der Waals surface area contributed by atoms with Gasteiger partial charge >= 0.3 is 0 Å². The minimum Gasteiger partial charge on any atom is -0.494 e. The van der Waals surface area contributed by atoms with E-state index in [2.05, 4.69) is 57.2 Å². The lowest BCUT2D eigenvalue weighted by atomic mass is 10.1. The van der Waals surface area contributed by atoms with Gasteiger partial charge in [-0.05, 0) is 90.0 Å². The highest BCUT2D eigenvalue weighted by Crippen LogP contribution is 2.41. The van der Waals surface area contributed by atoms with Crippen LogP contribution in [0.25, 0.3) is 0 Å². The number of hydrogen-bond acceptors (Lipinski definition) is 6. The summed E-state index contributed by atoms with van der Waals surface area (Å²) in [6.45, 7) is 10.1. The topological polar surface area (TPSA) is 55.4 Å². The normalized spacial score (nSPS) is 11.2. The quantitative estimate of drug-likeness (QED) is 0.0325. The lowest BCUT2D eigenvalue weighted by Gasteiger charge is -2.19. The first-order valence-electron chi connectivity index (χ1n) is 28.9. The van der Waals surface area contributed by atoms with Crippen LogP contribution in [0.4, 0.5) is 0 Å². The number of unbranched alkanes of at least 4 members (excludes halogenated alkanes) is 27. The highest BCUT2D eigenvalue weighted by molar-refractivity contribution is 6.17. The number of benzene rings is 4. The van der Waals surface area contributed by atoms with Crippen LogP contribution in [0.3, 0.4) is 0 Å². The van der Waals surface area contributed by atoms with E-state index in [1.54, 1.807) is 0 Å². The van der Waals surface area contributed by atoms with Crippen LogP contribution in [0.1, 0.15) is 236 Å². The number of halogens is 1. The SMILES string of the molecule is CCCCCCCCCCCCOc1ccc(COc2cc(CCl)cc(OCc3ccc(OCCCCCCCCCCCC)cc3)c2OCc2ccc(OCCCCCCCCCCCC)cc2)cc1. The van der Waals surface area contributed by atoms with Gasteiger partial charge < -0.3 is 28.4 Å². The Hall–Kier alpha value is -4.03. The van der Waals surface area contributed by atoms with Crippen LogP contribution >= 0.6 is 11.6 Å². The predicted octanol–water partition coefficient (Wildman–Crippen LogP) is 20.1. The van der Waals surface area contributed by atoms with Crippen LogP contribution in [-0.2, 0) is 25.7 Å². The molecule has 0 aliphatic rings. The Morgan fingerprint density at radius 1 is 0.282 bits per heavy atom. The summed E-state index contributed by atoms with van der Waals surface area (Å²) in [6, 6.07) is 28.6. The van der Waals surface area contributed by atoms with Crippen LogP contribution in [0.2, 0.25) is 0 Å². The van der Waals surface area contributed by atoms with E-state index >= 15 is 0 Å². The molecule has 0 fully saturated rings. The minimum absolute atomic E-state index is 0.309. The summed E-state index contributed by atoms with van der Waals surface area (Å²) in [4.78, 5) is 0. The van der Waals surface area contributed by atoms with Crippen molar-refractivity contribution in [3.63, 3.8) is 0 Å². The van der Waals surface area contributed by atoms with Gasteiger partial charge in [-0.3, -0.25) is 0 Å². The Balaban J connectivity index is 1.30. The summed E-state index contributed by atoms with van der Waals surface area (Å²) in [5, 5.41) is 0. The summed E-state index contributed by atoms with van der Waals surface area (Å²) < 4.78 is 38.0. The average Bonchev–Trinajstić information content (AvgIpc) is 3.40. The molecule has 0 saturated carbocycles. The van der Waals surface area contributed by atoms with Gasteiger partial charge in [0.1, 0.15) is 37.1 Å². The van der Waals surface area contributed by atoms with Crippen LogP contribution in [0.15, 0.2) is 84.9 Å². The monoisotopic (exact) mass is 997 g/mol. The van der Waals surface area contributed by atoms with Gasteiger partial charge in [-0.15, -0.1) is 11.6 Å². The van der Waals surface area contributed by atoms with E-state index < -0.39 is 0 Å². The van der Waals surface area contributed by atoms with Gasteiger partial charge in [0.15, 0.2) is 11.5 Å². The lowest BCUT2D eigenvalue weighted by Crippen LogP contribution is -2.05. The standard InChI is InChI=1S/C64H97ClO6/c1-4-7-10-13-16-19-22-25-28-31-46-66-59-40-34-55(35-41-59)52-69-62-49-58(51-65)50-63(70-53-56-36-42-60(43-37-56)67-47-32-29-26-23-20-17-14-11-8-5-2)64(62)71-54-57-38-44-61(45-39-57)68-48-33-30-27-24-21-18-15-12-9-6-3/h34-45,49-50H,4-33,46-48,51-54H2,1-3H3. The molecule has 0 aliphatic heterocycles. The molecule has 4 aromatic carbocycles. The number of hydrogen-bond donors (Lipinski definition) is 0. The molecule has 6 nitrogen and oxygen atoms in total. The minimum atomic E-state index is 0.309. The molecule has 0 atom stereocenters. The number of alkyl halides is 1. The van der Waals surface area contributed by atoms with Crippen LogP contribution < -0.4 is 28.4 Å². The van der Waals surface area contributed by atoms with Crippen molar-refractivity contribution in [1.29, 1.82) is 0 Å². The van der Waals surface area contributed by atoms with Crippen molar-refractivity contribution in [2.45, 2.75) is 239 Å². The van der Waals surface area contributed by atoms with Gasteiger partial charge in [-0.25, -0.2) is 0 Å². The fourth-order valence-corrected chi connectivity index (χ4v) is 9.08. The Morgan fingerprint density at radius 3 is 0.803 bits per heavy atom. The Labute approximate surface area is 438 Å². The Kier molecular flexibility index (Phi) is 33.9. The molecule has 7 heteroatoms. The van der Waals surface area contributed by atoms with Crippen LogP contribution in [0, 0.1) is 0 Å². The second kappa shape index (κ2) is 40.5. The maximum absolute atomic E-state index is 6.62. The molecule has 0 saturated heterocycles. The fourth-order valence-electron chi connectivity index (χ4n) is 8.93. The molecule has 0 bridgehead atoms. The third-order valence-electron chi connectivity index (χ3n) is 13.5. The first-order valence-corrected chi connectivity index (χ1v) is 29.4. The van der Waals surface area contributed by atoms with Gasteiger partial charge in [0.2, 0.25) is 5.75 Å². The maximum Gasteiger partial charge on any atom is 0.203 e. The molecule has 0 aliphatic carbocycles. The zero-order chi connectivity index (χ0) is 50.1. The second-order valence-corrected chi connectivity index (χ2v) is 20.2. The molecule has 0 radical (unpaired) electrons. The number of rotatable bonds is 46. The fraction of sp³-hybridized carbons (Fsp3) is 0.625. The molecule has 0 unspecified atom stereocenters. The molecule has 71 heavy (non-hydrogen) atoms. The van der Waals surface area contributed by atoms with Crippen molar-refractivity contribution in [3.05, 3.63) is 107 Å². The molecule has 0 heterocycles. The average molecular weight is 998 g/mol. The van der Waals surface area contributed by atoms with Gasteiger partial charge in [0, 0.05) is 5.88 Å². The van der Waals surface area contributed by atoms with Crippen molar-refractivity contribution in [2.24, 2.45) is 0 Å². The summed E-state index contributed by atoms with van der Waals surface area (Å²) in [5.41, 5.74) is 3.98. The van der Waals surface area contributed by atoms with E-state index in [0.717, 1.165) is 78.6 Å². The van der Waals surface area contributed by atoms with Gasteiger partial charge in [0.05, 0.1) is 19.8 Å². The molecule has 0 N–H and O–H groups in total. The van der Waals surface area contributed by atoms with Crippen molar-refractivity contribution in [3.8, 4) is 34.5 Å². The first-order chi connectivity index (χ1) is 35.1. The summed E-state index contributed by atoms with van der Waals surface area (Å²) in [6.07, 6.45) is 39.4. The van der Waals surface area contributed by atoms with Crippen LogP contribution in [-0.4, -0.2) is 19.8 Å². The molecule has 0 amide bonds. The van der Waals surface area contributed by atoms with Crippen molar-refractivity contribution in [1.82, 2.24) is 0 Å². The zero-order valence-corrected chi connectivity index (χ0v) is 45.8. The van der Waals surface area contributed by atoms with E-state index in [-0.39, 0.29) is 0 Å². The van der Waals surface area contributed by atoms with Crippen LogP contribution in [0.5, 0.6) is 34.5 Å². The lowest BCUT2D eigenvalue weighted by molar-refractivity contribution is 0.229. The molecule has 4 rings (SSSR count). The summed E-state index contributed by atoms with van der Waals surface area (Å²) >= 11 is 6.49. The van der Waals surface area contributed by atoms with Gasteiger partial charge in [-0.1, -0.05) is 231 Å². The molecular formula is C64H97ClO6. The molecule has 396 valence electrons. The zero-order valence-electron chi connectivity index (χ0n) is 45.1. The molecule has 0 spiro atoms. The largest absolute Gasteiger partial charge is 0.494 e. The van der Waals surface area contributed by atoms with Crippen molar-refractivity contribution >= 4 is 11.6 Å². The van der Waals surface area contributed by atoms with E-state index in [0.29, 0.717) is 42.9 Å². The first kappa shape index (κ1) is 59.5. The number of ether oxygens (including phenoxy) is 6. The van der Waals surface area contributed by atoms with E-state index in [1.807, 2.05) is 48.5 Å². The van der Waals surface area contributed by atoms with E-state index in [4.69, 9.17) is 40.0 Å². The molecular weight excluding hydrogens is 900 g/mol. The predicted molar refractivity (Wildman–Crippen MR) is 300 cm³/mol. The van der Waals surface area contributed by atoms with E-state index in [9.17, 15) is 0 Å². The van der Waals surface area contributed by atoms with Crippen molar-refractivity contribution in [2.75, 3.05) is 19.8 Å². The highest BCUT2D eigenvalue weighted by atomic mass is 35.5. The Morgan fingerprint density at radius 2 is 0.535 bits per heavy atom. The maximum atomic E-state index is 6.62. The second-order valence-electron chi connectivity index (χ2n) is 19.9. The highest BCUT2D eigenvalue weighted by Gasteiger charge is 2.17. The third kappa shape index (κ3) is 28.1. The van der Waals surface area contributed by atoms with Gasteiger partial charge in [0.25, 0.3) is 0 Å².